The number of carbonyl (C=O) groups excluding carboxylic acids is 2. The predicted octanol–water partition coefficient (Wildman–Crippen LogP) is 3.56. The van der Waals surface area contributed by atoms with E-state index in [2.05, 4.69) is 15.3 Å². The van der Waals surface area contributed by atoms with E-state index in [-0.39, 0.29) is 17.2 Å². The Balaban J connectivity index is 1.53. The van der Waals surface area contributed by atoms with Crippen LogP contribution in [0, 0.1) is 11.7 Å². The van der Waals surface area contributed by atoms with Gasteiger partial charge in [-0.25, -0.2) is 19.2 Å². The number of nitrogens with two attached hydrogens (primary N) is 1. The number of esters is 1. The smallest absolute Gasteiger partial charge is 0.356 e. The lowest BCUT2D eigenvalue weighted by Gasteiger charge is -2.34. The van der Waals surface area contributed by atoms with Crippen LogP contribution in [-0.2, 0) is 4.74 Å². The summed E-state index contributed by atoms with van der Waals surface area (Å²) in [7, 11) is 1.28. The highest BCUT2D eigenvalue weighted by Gasteiger charge is 2.24. The summed E-state index contributed by atoms with van der Waals surface area (Å²) in [5, 5.41) is 4.98. The van der Waals surface area contributed by atoms with Gasteiger partial charge in [0.2, 0.25) is 0 Å². The molecule has 1 aliphatic rings. The van der Waals surface area contributed by atoms with E-state index in [0.717, 1.165) is 12.8 Å². The highest BCUT2D eigenvalue weighted by atomic mass is 32.1. The van der Waals surface area contributed by atoms with Crippen LogP contribution < -0.4 is 16.0 Å². The fraction of sp³-hybridized carbons (Fsp3) is 0.304. The molecule has 1 aliphatic heterocycles. The van der Waals surface area contributed by atoms with Crippen molar-refractivity contribution in [3.05, 3.63) is 59.1 Å². The SMILES string of the molecule is COC(=O)c1cc(-c2nc(C(=O)Nc3cccc(F)c3N3CCC(CN)CC3)cs2)ccn1. The minimum Gasteiger partial charge on any atom is -0.464 e. The topological polar surface area (TPSA) is 110 Å². The van der Waals surface area contributed by atoms with Crippen molar-refractivity contribution >= 4 is 34.6 Å². The van der Waals surface area contributed by atoms with Gasteiger partial charge in [0.1, 0.15) is 22.2 Å². The molecule has 0 saturated carbocycles. The Morgan fingerprint density at radius 2 is 2.06 bits per heavy atom. The molecule has 0 bridgehead atoms. The first-order valence-corrected chi connectivity index (χ1v) is 11.4. The first-order valence-electron chi connectivity index (χ1n) is 10.5. The largest absolute Gasteiger partial charge is 0.464 e. The number of hydrogen-bond donors (Lipinski definition) is 2. The number of halogens is 1. The van der Waals surface area contributed by atoms with E-state index < -0.39 is 11.9 Å². The molecule has 172 valence electrons. The number of methoxy groups -OCH3 is 1. The summed E-state index contributed by atoms with van der Waals surface area (Å²) in [6.07, 6.45) is 3.25. The molecule has 10 heteroatoms. The van der Waals surface area contributed by atoms with Gasteiger partial charge < -0.3 is 20.7 Å². The van der Waals surface area contributed by atoms with Gasteiger partial charge in [-0.3, -0.25) is 4.79 Å². The number of rotatable bonds is 6. The molecule has 0 aliphatic carbocycles. The molecule has 3 aromatic rings. The average Bonchev–Trinajstić information content (AvgIpc) is 3.35. The molecule has 0 spiro atoms. The number of aromatic nitrogens is 2. The molecule has 3 N–H and O–H groups in total. The number of piperidine rings is 1. The maximum absolute atomic E-state index is 14.7. The van der Waals surface area contributed by atoms with Crippen molar-refractivity contribution in [2.24, 2.45) is 11.7 Å². The second-order valence-electron chi connectivity index (χ2n) is 7.72. The van der Waals surface area contributed by atoms with Crippen LogP contribution in [0.4, 0.5) is 15.8 Å². The van der Waals surface area contributed by atoms with Crippen molar-refractivity contribution in [1.29, 1.82) is 0 Å². The molecule has 2 aromatic heterocycles. The lowest BCUT2D eigenvalue weighted by molar-refractivity contribution is 0.0594. The number of ether oxygens (including phenoxy) is 1. The predicted molar refractivity (Wildman–Crippen MR) is 125 cm³/mol. The molecule has 1 saturated heterocycles. The van der Waals surface area contributed by atoms with Crippen LogP contribution in [0.5, 0.6) is 0 Å². The first-order chi connectivity index (χ1) is 16.0. The van der Waals surface area contributed by atoms with Crippen molar-refractivity contribution in [3.8, 4) is 10.6 Å². The number of nitrogens with one attached hydrogen (secondary N) is 1. The first kappa shape index (κ1) is 22.8. The number of para-hydroxylation sites is 1. The van der Waals surface area contributed by atoms with Crippen molar-refractivity contribution in [2.45, 2.75) is 12.8 Å². The summed E-state index contributed by atoms with van der Waals surface area (Å²) in [6, 6.07) is 7.90. The number of carbonyl (C=O) groups is 2. The van der Waals surface area contributed by atoms with Crippen LogP contribution >= 0.6 is 11.3 Å². The number of benzene rings is 1. The Bertz CT molecular complexity index is 1160. The van der Waals surface area contributed by atoms with Crippen LogP contribution in [0.15, 0.2) is 41.9 Å². The van der Waals surface area contributed by atoms with Gasteiger partial charge in [-0.2, -0.15) is 0 Å². The fourth-order valence-electron chi connectivity index (χ4n) is 3.81. The van der Waals surface area contributed by atoms with Gasteiger partial charge in [0.05, 0.1) is 18.5 Å². The summed E-state index contributed by atoms with van der Waals surface area (Å²) in [5.41, 5.74) is 7.55. The minimum absolute atomic E-state index is 0.152. The van der Waals surface area contributed by atoms with Crippen molar-refractivity contribution in [2.75, 3.05) is 37.0 Å². The normalized spacial score (nSPS) is 14.2. The van der Waals surface area contributed by atoms with E-state index >= 15 is 0 Å². The van der Waals surface area contributed by atoms with E-state index in [0.29, 0.717) is 47.5 Å². The maximum Gasteiger partial charge on any atom is 0.356 e. The monoisotopic (exact) mass is 469 g/mol. The summed E-state index contributed by atoms with van der Waals surface area (Å²) < 4.78 is 19.4. The Labute approximate surface area is 194 Å². The molecule has 1 aromatic carbocycles. The summed E-state index contributed by atoms with van der Waals surface area (Å²) >= 11 is 1.26. The van der Waals surface area contributed by atoms with Crippen molar-refractivity contribution in [1.82, 2.24) is 9.97 Å². The Morgan fingerprint density at radius 3 is 2.79 bits per heavy atom. The lowest BCUT2D eigenvalue weighted by atomic mass is 9.96. The average molecular weight is 470 g/mol. The number of pyridine rings is 1. The number of nitrogens with zero attached hydrogens (tertiary/aromatic N) is 3. The Morgan fingerprint density at radius 1 is 1.27 bits per heavy atom. The second-order valence-corrected chi connectivity index (χ2v) is 8.57. The van der Waals surface area contributed by atoms with E-state index in [4.69, 9.17) is 10.5 Å². The molecule has 1 fully saturated rings. The molecule has 33 heavy (non-hydrogen) atoms. The van der Waals surface area contributed by atoms with E-state index in [1.165, 1.54) is 30.7 Å². The fourth-order valence-corrected chi connectivity index (χ4v) is 4.60. The lowest BCUT2D eigenvalue weighted by Crippen LogP contribution is -2.37. The zero-order valence-electron chi connectivity index (χ0n) is 18.1. The molecule has 3 heterocycles. The van der Waals surface area contributed by atoms with Crippen LogP contribution in [0.25, 0.3) is 10.6 Å². The standard InChI is InChI=1S/C23H24FN5O3S/c1-32-23(31)18-11-15(5-8-26-18)22-28-19(13-33-22)21(30)27-17-4-2-3-16(24)20(17)29-9-6-14(12-25)7-10-29/h2-5,8,11,13-14H,6-7,9-10,12,25H2,1H3,(H,27,30). The molecule has 8 nitrogen and oxygen atoms in total. The van der Waals surface area contributed by atoms with Crippen LogP contribution in [0.2, 0.25) is 0 Å². The van der Waals surface area contributed by atoms with Crippen LogP contribution in [0.1, 0.15) is 33.8 Å². The van der Waals surface area contributed by atoms with Gasteiger partial charge in [0.15, 0.2) is 0 Å². The third kappa shape index (κ3) is 5.01. The molecular weight excluding hydrogens is 445 g/mol. The molecule has 1 amide bonds. The number of thiazole rings is 1. The second kappa shape index (κ2) is 10.1. The number of anilines is 2. The zero-order chi connectivity index (χ0) is 23.4. The van der Waals surface area contributed by atoms with Gasteiger partial charge in [0.25, 0.3) is 5.91 Å². The molecule has 0 radical (unpaired) electrons. The van der Waals surface area contributed by atoms with Crippen molar-refractivity contribution < 1.29 is 18.7 Å². The molecule has 0 unspecified atom stereocenters. The van der Waals surface area contributed by atoms with Gasteiger partial charge in [-0.1, -0.05) is 6.07 Å². The van der Waals surface area contributed by atoms with Gasteiger partial charge in [-0.15, -0.1) is 11.3 Å². The van der Waals surface area contributed by atoms with Crippen LogP contribution in [-0.4, -0.2) is 48.6 Å². The van der Waals surface area contributed by atoms with Gasteiger partial charge in [0, 0.05) is 30.2 Å². The van der Waals surface area contributed by atoms with E-state index in [1.54, 1.807) is 29.6 Å². The highest BCUT2D eigenvalue weighted by molar-refractivity contribution is 7.13. The number of amides is 1. The zero-order valence-corrected chi connectivity index (χ0v) is 18.9. The van der Waals surface area contributed by atoms with Gasteiger partial charge >= 0.3 is 5.97 Å². The Kier molecular flexibility index (Phi) is 6.95. The van der Waals surface area contributed by atoms with Gasteiger partial charge in [-0.05, 0) is 49.6 Å². The third-order valence-electron chi connectivity index (χ3n) is 5.64. The minimum atomic E-state index is -0.555. The summed E-state index contributed by atoms with van der Waals surface area (Å²) in [6.45, 7) is 1.98. The molecular formula is C23H24FN5O3S. The highest BCUT2D eigenvalue weighted by Crippen LogP contribution is 2.33. The maximum atomic E-state index is 14.7. The molecule has 4 rings (SSSR count). The Hall–Kier alpha value is -3.37. The quantitative estimate of drug-likeness (QED) is 0.531. The van der Waals surface area contributed by atoms with Crippen LogP contribution in [0.3, 0.4) is 0 Å². The van der Waals surface area contributed by atoms with E-state index in [9.17, 15) is 14.0 Å². The summed E-state index contributed by atoms with van der Waals surface area (Å²) in [4.78, 5) is 35.0. The molecule has 0 atom stereocenters. The summed E-state index contributed by atoms with van der Waals surface area (Å²) in [5.74, 6) is -0.943. The third-order valence-corrected chi connectivity index (χ3v) is 6.53. The number of hydrogen-bond acceptors (Lipinski definition) is 8. The van der Waals surface area contributed by atoms with Crippen molar-refractivity contribution in [3.63, 3.8) is 0 Å². The van der Waals surface area contributed by atoms with E-state index in [1.807, 2.05) is 4.90 Å².